The number of benzene rings is 2. The lowest BCUT2D eigenvalue weighted by molar-refractivity contribution is -0.123. The summed E-state index contributed by atoms with van der Waals surface area (Å²) in [7, 11) is 0. The van der Waals surface area contributed by atoms with Crippen molar-refractivity contribution in [2.75, 3.05) is 0 Å². The molecule has 4 aromatic rings. The Hall–Kier alpha value is -3.63. The van der Waals surface area contributed by atoms with Crippen LogP contribution in [0.1, 0.15) is 27.0 Å². The highest BCUT2D eigenvalue weighted by Gasteiger charge is 2.27. The van der Waals surface area contributed by atoms with Gasteiger partial charge in [0.2, 0.25) is 0 Å². The van der Waals surface area contributed by atoms with E-state index in [1.54, 1.807) is 54.6 Å². The van der Waals surface area contributed by atoms with Crippen LogP contribution in [0, 0.1) is 0 Å². The van der Waals surface area contributed by atoms with Gasteiger partial charge in [-0.1, -0.05) is 36.4 Å². The fourth-order valence-corrected chi connectivity index (χ4v) is 4.34. The molecule has 4 rings (SSSR count). The minimum atomic E-state index is -1.20. The van der Waals surface area contributed by atoms with Crippen LogP contribution in [0.3, 0.4) is 0 Å². The number of aromatic amines is 1. The zero-order valence-corrected chi connectivity index (χ0v) is 18.8. The molecule has 0 spiro atoms. The smallest absolute Gasteiger partial charge is 0.272 e. The van der Waals surface area contributed by atoms with Crippen LogP contribution in [0.5, 0.6) is 0 Å². The lowest BCUT2D eigenvalue weighted by Crippen LogP contribution is -2.40. The molecule has 2 amide bonds. The van der Waals surface area contributed by atoms with Crippen LogP contribution in [0.2, 0.25) is 0 Å². The number of rotatable bonds is 6. The predicted octanol–water partition coefficient (Wildman–Crippen LogP) is 3.37. The van der Waals surface area contributed by atoms with Crippen molar-refractivity contribution in [2.24, 2.45) is 5.10 Å². The van der Waals surface area contributed by atoms with Crippen molar-refractivity contribution < 1.29 is 9.59 Å². The van der Waals surface area contributed by atoms with Gasteiger partial charge in [0.1, 0.15) is 5.69 Å². The Morgan fingerprint density at radius 3 is 2.53 bits per heavy atom. The van der Waals surface area contributed by atoms with Gasteiger partial charge < -0.3 is 5.32 Å². The van der Waals surface area contributed by atoms with E-state index in [1.807, 2.05) is 11.4 Å². The molecule has 0 bridgehead atoms. The number of hydrazone groups is 1. The van der Waals surface area contributed by atoms with Crippen molar-refractivity contribution in [3.63, 3.8) is 0 Å². The van der Waals surface area contributed by atoms with E-state index in [1.165, 1.54) is 17.6 Å². The Balaban J connectivity index is 1.67. The number of nitrogens with one attached hydrogen (secondary N) is 3. The first-order chi connectivity index (χ1) is 15.5. The van der Waals surface area contributed by atoms with Gasteiger partial charge in [-0.25, -0.2) is 10.5 Å². The monoisotopic (exact) mass is 509 g/mol. The number of hydrogen-bond donors (Lipinski definition) is 3. The lowest BCUT2D eigenvalue weighted by atomic mass is 10.0. The van der Waals surface area contributed by atoms with E-state index in [-0.39, 0.29) is 11.3 Å². The molecule has 0 saturated carbocycles. The molecule has 10 heteroatoms. The van der Waals surface area contributed by atoms with Gasteiger partial charge in [-0.15, -0.1) is 11.3 Å². The van der Waals surface area contributed by atoms with E-state index in [2.05, 4.69) is 42.0 Å². The van der Waals surface area contributed by atoms with E-state index in [0.717, 1.165) is 9.35 Å². The summed E-state index contributed by atoms with van der Waals surface area (Å²) in [6.07, 6.45) is 1.50. The van der Waals surface area contributed by atoms with Crippen LogP contribution in [0.25, 0.3) is 10.8 Å². The molecule has 2 aromatic carbocycles. The second-order valence-electron chi connectivity index (χ2n) is 6.66. The number of hydrogen-bond acceptors (Lipinski definition) is 6. The molecule has 0 fully saturated rings. The number of thiophene rings is 1. The third-order valence-electron chi connectivity index (χ3n) is 4.53. The molecule has 0 aliphatic rings. The van der Waals surface area contributed by atoms with Crippen molar-refractivity contribution in [2.45, 2.75) is 6.04 Å². The quantitative estimate of drug-likeness (QED) is 0.273. The van der Waals surface area contributed by atoms with Crippen LogP contribution in [-0.4, -0.2) is 28.2 Å². The number of carbonyl (C=O) groups is 2. The second-order valence-corrected chi connectivity index (χ2v) is 8.52. The van der Waals surface area contributed by atoms with E-state index in [9.17, 15) is 14.4 Å². The number of nitrogens with zero attached hydrogens (tertiary/aromatic N) is 2. The van der Waals surface area contributed by atoms with Crippen LogP contribution < -0.4 is 16.3 Å². The summed E-state index contributed by atoms with van der Waals surface area (Å²) in [5.74, 6) is -1.07. The van der Waals surface area contributed by atoms with Gasteiger partial charge in [0.25, 0.3) is 17.4 Å². The third-order valence-corrected chi connectivity index (χ3v) is 6.15. The molecule has 0 aliphatic heterocycles. The number of amides is 2. The summed E-state index contributed by atoms with van der Waals surface area (Å²) in [4.78, 5) is 38.9. The molecule has 32 heavy (non-hydrogen) atoms. The average molecular weight is 510 g/mol. The molecule has 1 unspecified atom stereocenters. The van der Waals surface area contributed by atoms with E-state index < -0.39 is 17.9 Å². The number of fused-ring (bicyclic) bond motifs is 1. The Labute approximate surface area is 194 Å². The summed E-state index contributed by atoms with van der Waals surface area (Å²) >= 11 is 4.81. The highest BCUT2D eigenvalue weighted by Crippen LogP contribution is 2.21. The van der Waals surface area contributed by atoms with Gasteiger partial charge in [0.15, 0.2) is 6.04 Å². The maximum atomic E-state index is 13.1. The molecule has 0 aliphatic carbocycles. The highest BCUT2D eigenvalue weighted by molar-refractivity contribution is 9.10. The normalized spacial score (nSPS) is 12.0. The molecule has 160 valence electrons. The fraction of sp³-hybridized carbons (Fsp3) is 0.0455. The van der Waals surface area contributed by atoms with E-state index in [0.29, 0.717) is 16.3 Å². The minimum absolute atomic E-state index is 0.205. The summed E-state index contributed by atoms with van der Waals surface area (Å²) < 4.78 is 0.909. The van der Waals surface area contributed by atoms with Crippen molar-refractivity contribution in [3.05, 3.63) is 97.0 Å². The molecule has 8 nitrogen and oxygen atoms in total. The van der Waals surface area contributed by atoms with Gasteiger partial charge in [-0.3, -0.25) is 14.4 Å². The molecular weight excluding hydrogens is 494 g/mol. The van der Waals surface area contributed by atoms with Gasteiger partial charge in [0.05, 0.1) is 11.6 Å². The zero-order chi connectivity index (χ0) is 22.5. The summed E-state index contributed by atoms with van der Waals surface area (Å²) in [6, 6.07) is 15.9. The minimum Gasteiger partial charge on any atom is -0.335 e. The average Bonchev–Trinajstić information content (AvgIpc) is 3.23. The zero-order valence-electron chi connectivity index (χ0n) is 16.4. The topological polar surface area (TPSA) is 116 Å². The van der Waals surface area contributed by atoms with Crippen molar-refractivity contribution >= 4 is 56.1 Å². The van der Waals surface area contributed by atoms with Crippen LogP contribution in [0.15, 0.2) is 80.4 Å². The fourth-order valence-electron chi connectivity index (χ4n) is 3.04. The SMILES string of the molecule is O=C(NC(C(=O)NN=Cc1cc(Br)cs1)c1n[nH]c(=O)c2ccccc12)c1ccccc1. The van der Waals surface area contributed by atoms with Crippen LogP contribution in [-0.2, 0) is 4.79 Å². The van der Waals surface area contributed by atoms with Crippen LogP contribution in [0.4, 0.5) is 0 Å². The third kappa shape index (κ3) is 4.82. The van der Waals surface area contributed by atoms with Gasteiger partial charge in [-0.2, -0.15) is 10.2 Å². The number of aromatic nitrogens is 2. The van der Waals surface area contributed by atoms with Gasteiger partial charge >= 0.3 is 0 Å². The lowest BCUT2D eigenvalue weighted by Gasteiger charge is -2.18. The molecule has 3 N–H and O–H groups in total. The Kier molecular flexibility index (Phi) is 6.52. The molecule has 1 atom stereocenters. The van der Waals surface area contributed by atoms with Gasteiger partial charge in [-0.05, 0) is 40.2 Å². The van der Waals surface area contributed by atoms with Crippen LogP contribution >= 0.6 is 27.3 Å². The Morgan fingerprint density at radius 1 is 1.09 bits per heavy atom. The van der Waals surface area contributed by atoms with Gasteiger partial charge in [0, 0.05) is 25.7 Å². The molecule has 2 aromatic heterocycles. The standard InChI is InChI=1S/C22H16BrN5O3S/c23-14-10-15(32-12-14)11-24-27-22(31)19(25-20(29)13-6-2-1-3-7-13)18-16-8-4-5-9-17(16)21(30)28-26-18/h1-12,19H,(H,25,29)(H,27,31)(H,28,30). The van der Waals surface area contributed by atoms with E-state index >= 15 is 0 Å². The maximum absolute atomic E-state index is 13.1. The largest absolute Gasteiger partial charge is 0.335 e. The highest BCUT2D eigenvalue weighted by atomic mass is 79.9. The summed E-state index contributed by atoms with van der Waals surface area (Å²) in [6.45, 7) is 0. The first kappa shape index (κ1) is 21.6. The Bertz CT molecular complexity index is 1370. The van der Waals surface area contributed by atoms with E-state index in [4.69, 9.17) is 0 Å². The van der Waals surface area contributed by atoms with Crippen molar-refractivity contribution in [3.8, 4) is 0 Å². The summed E-state index contributed by atoms with van der Waals surface area (Å²) in [5, 5.41) is 15.9. The molecular formula is C22H16BrN5O3S. The molecule has 2 heterocycles. The Morgan fingerprint density at radius 2 is 1.81 bits per heavy atom. The number of carbonyl (C=O) groups excluding carboxylic acids is 2. The molecule has 0 radical (unpaired) electrons. The predicted molar refractivity (Wildman–Crippen MR) is 127 cm³/mol. The first-order valence-corrected chi connectivity index (χ1v) is 11.1. The van der Waals surface area contributed by atoms with Crippen molar-refractivity contribution in [1.82, 2.24) is 20.9 Å². The maximum Gasteiger partial charge on any atom is 0.272 e. The molecule has 0 saturated heterocycles. The number of H-pyrrole nitrogens is 1. The van der Waals surface area contributed by atoms with Crippen molar-refractivity contribution in [1.29, 1.82) is 0 Å². The second kappa shape index (κ2) is 9.67. The first-order valence-electron chi connectivity index (χ1n) is 9.43. The number of halogens is 1. The summed E-state index contributed by atoms with van der Waals surface area (Å²) in [5.41, 5.74) is 2.65.